The lowest BCUT2D eigenvalue weighted by atomic mass is 10.2. The van der Waals surface area contributed by atoms with Crippen LogP contribution in [0.15, 0.2) is 53.2 Å². The molecule has 1 aromatic carbocycles. The molecule has 0 fully saturated rings. The minimum Gasteiger partial charge on any atom is -0.383 e. The van der Waals surface area contributed by atoms with E-state index in [1.165, 1.54) is 22.7 Å². The number of nitrogens with zero attached hydrogens (tertiary/aromatic N) is 1. The van der Waals surface area contributed by atoms with Crippen molar-refractivity contribution in [2.24, 2.45) is 0 Å². The van der Waals surface area contributed by atoms with E-state index in [4.69, 9.17) is 0 Å². The van der Waals surface area contributed by atoms with Crippen LogP contribution in [0.5, 0.6) is 0 Å². The van der Waals surface area contributed by atoms with Crippen LogP contribution >= 0.6 is 22.7 Å². The summed E-state index contributed by atoms with van der Waals surface area (Å²) in [6.45, 7) is 0.229. The molecule has 0 spiro atoms. The van der Waals surface area contributed by atoms with Crippen LogP contribution in [-0.2, 0) is 16.1 Å². The molecule has 1 unspecified atom stereocenters. The molecule has 3 N–H and O–H groups in total. The van der Waals surface area contributed by atoms with Gasteiger partial charge in [0.2, 0.25) is 0 Å². The molecular weight excluding hydrogens is 394 g/mol. The molecule has 146 valence electrons. The summed E-state index contributed by atoms with van der Waals surface area (Å²) in [4.78, 5) is 27.7. The zero-order chi connectivity index (χ0) is 20.1. The first-order valence-electron chi connectivity index (χ1n) is 8.59. The molecule has 0 aliphatic carbocycles. The van der Waals surface area contributed by atoms with Gasteiger partial charge in [-0.05, 0) is 58.8 Å². The predicted octanol–water partition coefficient (Wildman–Crippen LogP) is 3.21. The largest absolute Gasteiger partial charge is 0.383 e. The van der Waals surface area contributed by atoms with Crippen molar-refractivity contribution in [3.05, 3.63) is 68.5 Å². The van der Waals surface area contributed by atoms with Gasteiger partial charge >= 0.3 is 11.8 Å². The summed E-state index contributed by atoms with van der Waals surface area (Å²) in [6.07, 6.45) is -0.672. The first kappa shape index (κ1) is 20.1. The number of hydrogen-bond donors (Lipinski definition) is 3. The number of anilines is 2. The van der Waals surface area contributed by atoms with Crippen molar-refractivity contribution in [2.45, 2.75) is 12.6 Å². The van der Waals surface area contributed by atoms with Crippen molar-refractivity contribution in [3.8, 4) is 0 Å². The van der Waals surface area contributed by atoms with Crippen molar-refractivity contribution in [2.75, 3.05) is 24.3 Å². The SMILES string of the molecule is CN(C)c1ccc(NC(=O)C(=O)NCc2ccc(C(O)c3ccsc3)s2)cc1. The Balaban J connectivity index is 1.51. The molecule has 0 saturated heterocycles. The molecule has 0 aliphatic heterocycles. The second kappa shape index (κ2) is 9.01. The molecule has 2 amide bonds. The Morgan fingerprint density at radius 1 is 1.07 bits per heavy atom. The van der Waals surface area contributed by atoms with Gasteiger partial charge in [-0.15, -0.1) is 11.3 Å². The Morgan fingerprint density at radius 3 is 2.46 bits per heavy atom. The zero-order valence-corrected chi connectivity index (χ0v) is 17.1. The Hall–Kier alpha value is -2.68. The Morgan fingerprint density at radius 2 is 1.82 bits per heavy atom. The summed E-state index contributed by atoms with van der Waals surface area (Å²) >= 11 is 2.94. The fourth-order valence-electron chi connectivity index (χ4n) is 2.51. The van der Waals surface area contributed by atoms with Gasteiger partial charge < -0.3 is 20.6 Å². The number of nitrogens with one attached hydrogen (secondary N) is 2. The van der Waals surface area contributed by atoms with Crippen molar-refractivity contribution in [3.63, 3.8) is 0 Å². The average molecular weight is 416 g/mol. The van der Waals surface area contributed by atoms with E-state index in [0.29, 0.717) is 5.69 Å². The first-order valence-corrected chi connectivity index (χ1v) is 10.4. The molecule has 2 heterocycles. The van der Waals surface area contributed by atoms with E-state index in [2.05, 4.69) is 10.6 Å². The average Bonchev–Trinajstić information content (AvgIpc) is 3.38. The van der Waals surface area contributed by atoms with Gasteiger partial charge in [0.1, 0.15) is 6.10 Å². The normalized spacial score (nSPS) is 11.7. The molecule has 2 aromatic heterocycles. The number of hydrogen-bond acceptors (Lipinski definition) is 6. The van der Waals surface area contributed by atoms with Gasteiger partial charge in [-0.2, -0.15) is 11.3 Å². The predicted molar refractivity (Wildman–Crippen MR) is 114 cm³/mol. The van der Waals surface area contributed by atoms with Crippen LogP contribution in [0.3, 0.4) is 0 Å². The summed E-state index contributed by atoms with van der Waals surface area (Å²) in [7, 11) is 3.85. The monoisotopic (exact) mass is 415 g/mol. The van der Waals surface area contributed by atoms with Gasteiger partial charge in [-0.3, -0.25) is 9.59 Å². The summed E-state index contributed by atoms with van der Waals surface area (Å²) in [5.41, 5.74) is 2.41. The van der Waals surface area contributed by atoms with Crippen molar-refractivity contribution in [1.82, 2.24) is 5.32 Å². The van der Waals surface area contributed by atoms with E-state index in [1.54, 1.807) is 12.1 Å². The lowest BCUT2D eigenvalue weighted by Crippen LogP contribution is -2.34. The van der Waals surface area contributed by atoms with E-state index in [-0.39, 0.29) is 6.54 Å². The van der Waals surface area contributed by atoms with E-state index in [9.17, 15) is 14.7 Å². The molecule has 0 saturated carbocycles. The molecule has 3 rings (SSSR count). The van der Waals surface area contributed by atoms with E-state index < -0.39 is 17.9 Å². The highest BCUT2D eigenvalue weighted by molar-refractivity contribution is 7.12. The Labute approximate surface area is 171 Å². The molecule has 6 nitrogen and oxygen atoms in total. The van der Waals surface area contributed by atoms with Crippen LogP contribution in [-0.4, -0.2) is 31.0 Å². The minimum atomic E-state index is -0.715. The third kappa shape index (κ3) is 4.98. The third-order valence-electron chi connectivity index (χ3n) is 4.08. The van der Waals surface area contributed by atoms with Gasteiger partial charge in [-0.1, -0.05) is 0 Å². The molecule has 1 atom stereocenters. The molecule has 28 heavy (non-hydrogen) atoms. The summed E-state index contributed by atoms with van der Waals surface area (Å²) in [6, 6.07) is 12.8. The highest BCUT2D eigenvalue weighted by atomic mass is 32.1. The van der Waals surface area contributed by atoms with Crippen LogP contribution in [0.4, 0.5) is 11.4 Å². The fraction of sp³-hybridized carbons (Fsp3) is 0.200. The van der Waals surface area contributed by atoms with Crippen LogP contribution in [0.25, 0.3) is 0 Å². The number of aliphatic hydroxyl groups excluding tert-OH is 1. The van der Waals surface area contributed by atoms with Crippen molar-refractivity contribution >= 4 is 45.9 Å². The highest BCUT2D eigenvalue weighted by Crippen LogP contribution is 2.29. The maximum atomic E-state index is 12.1. The number of carbonyl (C=O) groups excluding carboxylic acids is 2. The second-order valence-corrected chi connectivity index (χ2v) is 8.32. The second-order valence-electron chi connectivity index (χ2n) is 6.34. The van der Waals surface area contributed by atoms with Gasteiger partial charge in [-0.25, -0.2) is 0 Å². The summed E-state index contributed by atoms with van der Waals surface area (Å²) < 4.78 is 0. The minimum absolute atomic E-state index is 0.229. The molecule has 8 heteroatoms. The van der Waals surface area contributed by atoms with Gasteiger partial charge in [0.05, 0.1) is 6.54 Å². The maximum absolute atomic E-state index is 12.1. The number of carbonyl (C=O) groups is 2. The first-order chi connectivity index (χ1) is 13.4. The molecule has 3 aromatic rings. The third-order valence-corrected chi connectivity index (χ3v) is 5.92. The zero-order valence-electron chi connectivity index (χ0n) is 15.5. The van der Waals surface area contributed by atoms with Gasteiger partial charge in [0.25, 0.3) is 0 Å². The molecule has 0 radical (unpaired) electrons. The maximum Gasteiger partial charge on any atom is 0.313 e. The number of rotatable bonds is 6. The smallest absolute Gasteiger partial charge is 0.313 e. The summed E-state index contributed by atoms with van der Waals surface area (Å²) in [5, 5.41) is 19.3. The number of amides is 2. The standard InChI is InChI=1S/C20H21N3O3S2/c1-23(2)15-5-3-14(4-6-15)22-20(26)19(25)21-11-16-7-8-17(28-16)18(24)13-9-10-27-12-13/h3-10,12,18,24H,11H2,1-2H3,(H,21,25)(H,22,26). The van der Waals surface area contributed by atoms with E-state index >= 15 is 0 Å². The fourth-order valence-corrected chi connectivity index (χ4v) is 4.16. The Bertz CT molecular complexity index is 934. The summed E-state index contributed by atoms with van der Waals surface area (Å²) in [5.74, 6) is -1.42. The van der Waals surface area contributed by atoms with Crippen LogP contribution in [0.1, 0.15) is 21.4 Å². The van der Waals surface area contributed by atoms with E-state index in [1.807, 2.05) is 60.1 Å². The number of thiophene rings is 2. The van der Waals surface area contributed by atoms with Crippen LogP contribution in [0, 0.1) is 0 Å². The molecule has 0 bridgehead atoms. The van der Waals surface area contributed by atoms with Gasteiger partial charge in [0, 0.05) is 35.2 Å². The van der Waals surface area contributed by atoms with Crippen LogP contribution in [0.2, 0.25) is 0 Å². The van der Waals surface area contributed by atoms with E-state index in [0.717, 1.165) is 21.0 Å². The lowest BCUT2D eigenvalue weighted by Gasteiger charge is -2.13. The Kier molecular flexibility index (Phi) is 6.45. The quantitative estimate of drug-likeness (QED) is 0.540. The van der Waals surface area contributed by atoms with Gasteiger partial charge in [0.15, 0.2) is 0 Å². The number of benzene rings is 1. The lowest BCUT2D eigenvalue weighted by molar-refractivity contribution is -0.136. The molecule has 0 aliphatic rings. The highest BCUT2D eigenvalue weighted by Gasteiger charge is 2.16. The number of aliphatic hydroxyl groups is 1. The molecular formula is C20H21N3O3S2. The van der Waals surface area contributed by atoms with Crippen LogP contribution < -0.4 is 15.5 Å². The van der Waals surface area contributed by atoms with Crippen molar-refractivity contribution < 1.29 is 14.7 Å². The topological polar surface area (TPSA) is 81.7 Å². The van der Waals surface area contributed by atoms with Crippen molar-refractivity contribution in [1.29, 1.82) is 0 Å².